The van der Waals surface area contributed by atoms with E-state index in [1.165, 1.54) is 0 Å². The second kappa shape index (κ2) is 12.2. The van der Waals surface area contributed by atoms with E-state index in [1.807, 2.05) is 42.5 Å². The zero-order valence-electron chi connectivity index (χ0n) is 19.9. The summed E-state index contributed by atoms with van der Waals surface area (Å²) in [5.74, 6) is 0.545. The summed E-state index contributed by atoms with van der Waals surface area (Å²) in [6.45, 7) is 0.193. The molecule has 0 aliphatic heterocycles. The second-order valence-electron chi connectivity index (χ2n) is 8.41. The molecule has 0 saturated carbocycles. The molecule has 4 aromatic rings. The van der Waals surface area contributed by atoms with E-state index in [4.69, 9.17) is 21.1 Å². The summed E-state index contributed by atoms with van der Waals surface area (Å²) in [4.78, 5) is 28.4. The molecule has 0 unspecified atom stereocenters. The number of aromatic nitrogens is 1. The van der Waals surface area contributed by atoms with Crippen molar-refractivity contribution < 1.29 is 24.2 Å². The lowest BCUT2D eigenvalue weighted by Gasteiger charge is -2.16. The fraction of sp³-hybridized carbons (Fsp3) is 0.179. The van der Waals surface area contributed by atoms with Crippen molar-refractivity contribution in [3.8, 4) is 22.5 Å². The SMILES string of the molecule is O=C(O)NCCC[C@H](NC(=O)c1cccc(-c2ccc(CO)cc2)c1)c1ncc(-c2ccc(Cl)cc2)o1. The van der Waals surface area contributed by atoms with Crippen LogP contribution in [-0.4, -0.2) is 33.7 Å². The van der Waals surface area contributed by atoms with Gasteiger partial charge in [-0.3, -0.25) is 4.79 Å². The van der Waals surface area contributed by atoms with Crippen LogP contribution in [0.15, 0.2) is 83.4 Å². The van der Waals surface area contributed by atoms with E-state index in [-0.39, 0.29) is 19.1 Å². The van der Waals surface area contributed by atoms with Crippen molar-refractivity contribution in [2.45, 2.75) is 25.5 Å². The van der Waals surface area contributed by atoms with Gasteiger partial charge >= 0.3 is 6.09 Å². The number of nitrogens with zero attached hydrogens (tertiary/aromatic N) is 1. The van der Waals surface area contributed by atoms with Crippen molar-refractivity contribution in [1.29, 1.82) is 0 Å². The Hall–Kier alpha value is -4.14. The minimum Gasteiger partial charge on any atom is -0.465 e. The predicted molar refractivity (Wildman–Crippen MR) is 140 cm³/mol. The van der Waals surface area contributed by atoms with Crippen LogP contribution in [0.2, 0.25) is 5.02 Å². The maximum Gasteiger partial charge on any atom is 0.404 e. The molecule has 4 N–H and O–H groups in total. The molecular formula is C28H26ClN3O5. The molecule has 37 heavy (non-hydrogen) atoms. The number of carbonyl (C=O) groups is 2. The van der Waals surface area contributed by atoms with E-state index in [9.17, 15) is 14.7 Å². The van der Waals surface area contributed by atoms with Crippen LogP contribution < -0.4 is 10.6 Å². The van der Waals surface area contributed by atoms with Crippen LogP contribution in [0, 0.1) is 0 Å². The predicted octanol–water partition coefficient (Wildman–Crippen LogP) is 5.67. The van der Waals surface area contributed by atoms with E-state index < -0.39 is 12.1 Å². The summed E-state index contributed by atoms with van der Waals surface area (Å²) in [6.07, 6.45) is 1.36. The number of hydrogen-bond donors (Lipinski definition) is 4. The van der Waals surface area contributed by atoms with Gasteiger partial charge in [-0.05, 0) is 65.9 Å². The van der Waals surface area contributed by atoms with Gasteiger partial charge in [0.2, 0.25) is 5.89 Å². The number of aliphatic hydroxyl groups is 1. The molecule has 8 nitrogen and oxygen atoms in total. The lowest BCUT2D eigenvalue weighted by Crippen LogP contribution is -2.30. The van der Waals surface area contributed by atoms with Crippen LogP contribution in [0.25, 0.3) is 22.5 Å². The van der Waals surface area contributed by atoms with E-state index in [1.54, 1.807) is 36.5 Å². The van der Waals surface area contributed by atoms with Gasteiger partial charge in [0, 0.05) is 22.7 Å². The van der Waals surface area contributed by atoms with Gasteiger partial charge in [0.25, 0.3) is 5.91 Å². The summed E-state index contributed by atoms with van der Waals surface area (Å²) in [5.41, 5.74) is 3.84. The third-order valence-electron chi connectivity index (χ3n) is 5.80. The van der Waals surface area contributed by atoms with E-state index in [0.717, 1.165) is 22.3 Å². The minimum absolute atomic E-state index is 0.0351. The maximum atomic E-state index is 13.2. The summed E-state index contributed by atoms with van der Waals surface area (Å²) in [5, 5.41) is 24.0. The number of oxazole rings is 1. The first-order chi connectivity index (χ1) is 17.9. The quantitative estimate of drug-likeness (QED) is 0.200. The molecule has 0 aliphatic rings. The second-order valence-corrected chi connectivity index (χ2v) is 8.84. The van der Waals surface area contributed by atoms with Gasteiger partial charge in [0.05, 0.1) is 12.8 Å². The smallest absolute Gasteiger partial charge is 0.404 e. The first kappa shape index (κ1) is 25.9. The zero-order valence-corrected chi connectivity index (χ0v) is 20.6. The van der Waals surface area contributed by atoms with Crippen molar-refractivity contribution in [3.05, 3.63) is 101 Å². The molecular weight excluding hydrogens is 494 g/mol. The number of benzene rings is 3. The Labute approximate surface area is 218 Å². The number of rotatable bonds is 10. The minimum atomic E-state index is -1.11. The van der Waals surface area contributed by atoms with Gasteiger partial charge in [-0.15, -0.1) is 0 Å². The standard InChI is InChI=1S/C28H26ClN3O5/c29-23-12-10-20(11-13-23)25-16-31-27(37-25)24(5-2-14-30-28(35)36)32-26(34)22-4-1-3-21(15-22)19-8-6-18(17-33)7-9-19/h1,3-4,6-13,15-16,24,30,33H,2,5,14,17H2,(H,32,34)(H,35,36)/t24-/m0/s1. The third kappa shape index (κ3) is 6.97. The number of carbonyl (C=O) groups excluding carboxylic acids is 1. The highest BCUT2D eigenvalue weighted by atomic mass is 35.5. The Balaban J connectivity index is 1.53. The first-order valence-electron chi connectivity index (χ1n) is 11.7. The molecule has 0 aliphatic carbocycles. The van der Waals surface area contributed by atoms with E-state index in [2.05, 4.69) is 15.6 Å². The lowest BCUT2D eigenvalue weighted by molar-refractivity contribution is 0.0927. The lowest BCUT2D eigenvalue weighted by atomic mass is 10.0. The molecule has 2 amide bonds. The highest BCUT2D eigenvalue weighted by molar-refractivity contribution is 6.30. The summed E-state index contributed by atoms with van der Waals surface area (Å²) in [6, 6.07) is 21.3. The highest BCUT2D eigenvalue weighted by Crippen LogP contribution is 2.27. The molecule has 4 rings (SSSR count). The van der Waals surface area contributed by atoms with Gasteiger partial charge in [-0.25, -0.2) is 9.78 Å². The van der Waals surface area contributed by atoms with Gasteiger partial charge in [0.1, 0.15) is 6.04 Å². The Kier molecular flexibility index (Phi) is 8.56. The topological polar surface area (TPSA) is 125 Å². The molecule has 0 spiro atoms. The first-order valence-corrected chi connectivity index (χ1v) is 12.1. The van der Waals surface area contributed by atoms with Crippen LogP contribution in [0.5, 0.6) is 0 Å². The zero-order chi connectivity index (χ0) is 26.2. The van der Waals surface area contributed by atoms with E-state index >= 15 is 0 Å². The molecule has 0 bridgehead atoms. The molecule has 1 aromatic heterocycles. The fourth-order valence-electron chi connectivity index (χ4n) is 3.84. The van der Waals surface area contributed by atoms with Gasteiger partial charge in [-0.1, -0.05) is 48.0 Å². The third-order valence-corrected chi connectivity index (χ3v) is 6.05. The molecule has 190 valence electrons. The van der Waals surface area contributed by atoms with Crippen molar-refractivity contribution in [1.82, 2.24) is 15.6 Å². The molecule has 9 heteroatoms. The molecule has 3 aromatic carbocycles. The Morgan fingerprint density at radius 2 is 1.70 bits per heavy atom. The van der Waals surface area contributed by atoms with Gasteiger partial charge < -0.3 is 25.3 Å². The molecule has 1 heterocycles. The number of aliphatic hydroxyl groups excluding tert-OH is 1. The fourth-order valence-corrected chi connectivity index (χ4v) is 3.97. The van der Waals surface area contributed by atoms with Crippen LogP contribution in [-0.2, 0) is 6.61 Å². The number of amides is 2. The Morgan fingerprint density at radius 1 is 0.973 bits per heavy atom. The Bertz CT molecular complexity index is 1350. The maximum absolute atomic E-state index is 13.2. The number of halogens is 1. The Morgan fingerprint density at radius 3 is 2.41 bits per heavy atom. The normalized spacial score (nSPS) is 11.6. The number of carboxylic acid groups (broad SMARTS) is 1. The number of nitrogens with one attached hydrogen (secondary N) is 2. The molecule has 0 radical (unpaired) electrons. The largest absolute Gasteiger partial charge is 0.465 e. The van der Waals surface area contributed by atoms with Crippen molar-refractivity contribution >= 4 is 23.6 Å². The summed E-state index contributed by atoms with van der Waals surface area (Å²) < 4.78 is 5.98. The van der Waals surface area contributed by atoms with Crippen LogP contribution in [0.3, 0.4) is 0 Å². The van der Waals surface area contributed by atoms with Crippen molar-refractivity contribution in [2.24, 2.45) is 0 Å². The summed E-state index contributed by atoms with van der Waals surface area (Å²) in [7, 11) is 0. The molecule has 0 fully saturated rings. The average molecular weight is 520 g/mol. The monoisotopic (exact) mass is 519 g/mol. The average Bonchev–Trinajstić information content (AvgIpc) is 3.41. The van der Waals surface area contributed by atoms with Crippen molar-refractivity contribution in [2.75, 3.05) is 6.54 Å². The van der Waals surface area contributed by atoms with Crippen LogP contribution >= 0.6 is 11.6 Å². The molecule has 1 atom stereocenters. The van der Waals surface area contributed by atoms with Crippen LogP contribution in [0.4, 0.5) is 4.79 Å². The highest BCUT2D eigenvalue weighted by Gasteiger charge is 2.21. The van der Waals surface area contributed by atoms with Crippen molar-refractivity contribution in [3.63, 3.8) is 0 Å². The van der Waals surface area contributed by atoms with Gasteiger partial charge in [-0.2, -0.15) is 0 Å². The van der Waals surface area contributed by atoms with Crippen LogP contribution in [0.1, 0.15) is 40.7 Å². The van der Waals surface area contributed by atoms with Gasteiger partial charge in [0.15, 0.2) is 5.76 Å². The molecule has 0 saturated heterocycles. The van der Waals surface area contributed by atoms with E-state index in [0.29, 0.717) is 35.1 Å². The summed E-state index contributed by atoms with van der Waals surface area (Å²) >= 11 is 5.98. The number of hydrogen-bond acceptors (Lipinski definition) is 5.